The summed E-state index contributed by atoms with van der Waals surface area (Å²) in [6.45, 7) is 7.57. The van der Waals surface area contributed by atoms with Gasteiger partial charge in [-0.05, 0) is 31.9 Å². The topological polar surface area (TPSA) is 24.5 Å². The van der Waals surface area contributed by atoms with Crippen LogP contribution in [0, 0.1) is 0 Å². The number of likely N-dealkylation sites (tertiary alicyclic amines) is 1. The van der Waals surface area contributed by atoms with E-state index in [-0.39, 0.29) is 5.60 Å². The summed E-state index contributed by atoms with van der Waals surface area (Å²) < 4.78 is 5.62. The molecule has 3 heteroatoms. The maximum Gasteiger partial charge on any atom is 0.0777 e. The summed E-state index contributed by atoms with van der Waals surface area (Å²) >= 11 is 0. The number of piperidine rings is 1. The monoisotopic (exact) mass is 262 g/mol. The fraction of sp³-hybridized carbons (Fsp3) is 0.625. The van der Waals surface area contributed by atoms with E-state index in [1.807, 2.05) is 7.11 Å². The first-order valence-corrected chi connectivity index (χ1v) is 7.24. The van der Waals surface area contributed by atoms with E-state index in [4.69, 9.17) is 4.74 Å². The lowest BCUT2D eigenvalue weighted by atomic mass is 9.95. The van der Waals surface area contributed by atoms with Gasteiger partial charge in [0.1, 0.15) is 0 Å². The molecule has 1 atom stereocenters. The van der Waals surface area contributed by atoms with Crippen LogP contribution in [0.15, 0.2) is 30.3 Å². The van der Waals surface area contributed by atoms with Crippen LogP contribution in [0.4, 0.5) is 0 Å². The lowest BCUT2D eigenvalue weighted by Gasteiger charge is -2.39. The van der Waals surface area contributed by atoms with Gasteiger partial charge in [-0.15, -0.1) is 0 Å². The molecule has 0 amide bonds. The number of hydrogen-bond acceptors (Lipinski definition) is 3. The summed E-state index contributed by atoms with van der Waals surface area (Å²) in [5.41, 5.74) is 1.40. The van der Waals surface area contributed by atoms with Gasteiger partial charge in [0.05, 0.1) is 5.60 Å². The Hall–Kier alpha value is -0.900. The van der Waals surface area contributed by atoms with Gasteiger partial charge in [0, 0.05) is 33.3 Å². The molecule has 1 aliphatic rings. The molecule has 3 nitrogen and oxygen atoms in total. The number of methoxy groups -OCH3 is 1. The molecule has 1 aromatic rings. The molecule has 1 heterocycles. The smallest absolute Gasteiger partial charge is 0.0777 e. The molecule has 19 heavy (non-hydrogen) atoms. The van der Waals surface area contributed by atoms with Crippen LogP contribution in [0.5, 0.6) is 0 Å². The maximum absolute atomic E-state index is 5.62. The molecule has 0 aliphatic carbocycles. The minimum Gasteiger partial charge on any atom is -0.377 e. The Morgan fingerprint density at radius 3 is 2.84 bits per heavy atom. The van der Waals surface area contributed by atoms with E-state index in [2.05, 4.69) is 47.5 Å². The van der Waals surface area contributed by atoms with Crippen LogP contribution in [0.25, 0.3) is 0 Å². The Kier molecular flexibility index (Phi) is 5.37. The van der Waals surface area contributed by atoms with Crippen LogP contribution in [0.3, 0.4) is 0 Å². The Morgan fingerprint density at radius 1 is 1.32 bits per heavy atom. The van der Waals surface area contributed by atoms with Crippen molar-refractivity contribution in [2.75, 3.05) is 33.3 Å². The minimum atomic E-state index is 0.0533. The average Bonchev–Trinajstić information content (AvgIpc) is 2.45. The molecule has 0 spiro atoms. The lowest BCUT2D eigenvalue weighted by Crippen LogP contribution is -2.48. The Balaban J connectivity index is 1.66. The molecule has 1 N–H and O–H groups in total. The van der Waals surface area contributed by atoms with Gasteiger partial charge in [-0.1, -0.05) is 30.3 Å². The number of hydrogen-bond donors (Lipinski definition) is 1. The van der Waals surface area contributed by atoms with Crippen molar-refractivity contribution in [2.45, 2.75) is 31.9 Å². The van der Waals surface area contributed by atoms with Gasteiger partial charge in [-0.3, -0.25) is 4.90 Å². The summed E-state index contributed by atoms with van der Waals surface area (Å²) in [5, 5.41) is 3.51. The molecule has 0 aromatic heterocycles. The molecule has 106 valence electrons. The summed E-state index contributed by atoms with van der Waals surface area (Å²) in [6.07, 6.45) is 2.42. The summed E-state index contributed by atoms with van der Waals surface area (Å²) in [6, 6.07) is 10.6. The molecule has 1 saturated heterocycles. The third-order valence-electron chi connectivity index (χ3n) is 4.01. The quantitative estimate of drug-likeness (QED) is 0.796. The zero-order chi connectivity index (χ0) is 13.6. The van der Waals surface area contributed by atoms with Gasteiger partial charge in [0.25, 0.3) is 0 Å². The van der Waals surface area contributed by atoms with Gasteiger partial charge >= 0.3 is 0 Å². The highest BCUT2D eigenvalue weighted by atomic mass is 16.5. The third kappa shape index (κ3) is 4.60. The van der Waals surface area contributed by atoms with E-state index in [1.54, 1.807) is 0 Å². The maximum atomic E-state index is 5.62. The summed E-state index contributed by atoms with van der Waals surface area (Å²) in [7, 11) is 1.83. The third-order valence-corrected chi connectivity index (χ3v) is 4.01. The highest BCUT2D eigenvalue weighted by Gasteiger charge is 2.30. The molecular formula is C16H26N2O. The van der Waals surface area contributed by atoms with E-state index in [1.165, 1.54) is 24.9 Å². The van der Waals surface area contributed by atoms with Crippen LogP contribution in [0.1, 0.15) is 25.3 Å². The first-order valence-electron chi connectivity index (χ1n) is 7.24. The van der Waals surface area contributed by atoms with Crippen LogP contribution >= 0.6 is 0 Å². The number of nitrogens with zero attached hydrogens (tertiary/aromatic N) is 1. The summed E-state index contributed by atoms with van der Waals surface area (Å²) in [4.78, 5) is 2.50. The number of benzene rings is 1. The predicted molar refractivity (Wildman–Crippen MR) is 79.2 cm³/mol. The molecule has 1 aromatic carbocycles. The predicted octanol–water partition coefficient (Wildman–Crippen LogP) is 2.28. The van der Waals surface area contributed by atoms with Crippen molar-refractivity contribution in [3.8, 4) is 0 Å². The second kappa shape index (κ2) is 7.04. The van der Waals surface area contributed by atoms with E-state index in [0.717, 1.165) is 26.2 Å². The van der Waals surface area contributed by atoms with Crippen molar-refractivity contribution < 1.29 is 4.74 Å². The van der Waals surface area contributed by atoms with Crippen molar-refractivity contribution in [1.82, 2.24) is 10.2 Å². The van der Waals surface area contributed by atoms with Crippen molar-refractivity contribution in [3.05, 3.63) is 35.9 Å². The highest BCUT2D eigenvalue weighted by Crippen LogP contribution is 2.23. The fourth-order valence-corrected chi connectivity index (χ4v) is 2.73. The van der Waals surface area contributed by atoms with Gasteiger partial charge in [-0.25, -0.2) is 0 Å². The van der Waals surface area contributed by atoms with Crippen molar-refractivity contribution in [3.63, 3.8) is 0 Å². The van der Waals surface area contributed by atoms with Gasteiger partial charge in [0.2, 0.25) is 0 Å². The second-order valence-electron chi connectivity index (χ2n) is 5.70. The Labute approximate surface area is 116 Å². The van der Waals surface area contributed by atoms with Crippen molar-refractivity contribution >= 4 is 0 Å². The second-order valence-corrected chi connectivity index (χ2v) is 5.70. The molecule has 1 unspecified atom stereocenters. The first-order chi connectivity index (χ1) is 9.22. The van der Waals surface area contributed by atoms with Crippen LogP contribution in [-0.4, -0.2) is 43.8 Å². The van der Waals surface area contributed by atoms with E-state index in [0.29, 0.717) is 0 Å². The minimum absolute atomic E-state index is 0.0533. The molecule has 0 saturated carbocycles. The Morgan fingerprint density at radius 2 is 2.11 bits per heavy atom. The number of nitrogens with one attached hydrogen (secondary N) is 1. The molecule has 0 bridgehead atoms. The lowest BCUT2D eigenvalue weighted by molar-refractivity contribution is -0.0502. The SMILES string of the molecule is COC1(C)CCCN(CCNCc2ccccc2)C1. The van der Waals surface area contributed by atoms with Crippen LogP contribution in [0.2, 0.25) is 0 Å². The first kappa shape index (κ1) is 14.5. The van der Waals surface area contributed by atoms with E-state index < -0.39 is 0 Å². The fourth-order valence-electron chi connectivity index (χ4n) is 2.73. The molecule has 1 aliphatic heterocycles. The van der Waals surface area contributed by atoms with Crippen molar-refractivity contribution in [1.29, 1.82) is 0 Å². The standard InChI is InChI=1S/C16H26N2O/c1-16(19-2)9-6-11-18(14-16)12-10-17-13-15-7-4-3-5-8-15/h3-5,7-8,17H,6,9-14H2,1-2H3. The molecular weight excluding hydrogens is 236 g/mol. The van der Waals surface area contributed by atoms with E-state index in [9.17, 15) is 0 Å². The Bertz CT molecular complexity index is 368. The summed E-state index contributed by atoms with van der Waals surface area (Å²) in [5.74, 6) is 0. The van der Waals surface area contributed by atoms with Gasteiger partial charge in [0.15, 0.2) is 0 Å². The van der Waals surface area contributed by atoms with Gasteiger partial charge in [-0.2, -0.15) is 0 Å². The number of rotatable bonds is 6. The van der Waals surface area contributed by atoms with Crippen LogP contribution in [-0.2, 0) is 11.3 Å². The van der Waals surface area contributed by atoms with Crippen LogP contribution < -0.4 is 5.32 Å². The molecule has 1 fully saturated rings. The zero-order valence-electron chi connectivity index (χ0n) is 12.2. The van der Waals surface area contributed by atoms with Crippen molar-refractivity contribution in [2.24, 2.45) is 0 Å². The molecule has 0 radical (unpaired) electrons. The largest absolute Gasteiger partial charge is 0.377 e. The number of ether oxygens (including phenoxy) is 1. The van der Waals surface area contributed by atoms with Gasteiger partial charge < -0.3 is 10.1 Å². The van der Waals surface area contributed by atoms with E-state index >= 15 is 0 Å². The normalized spacial score (nSPS) is 24.5. The average molecular weight is 262 g/mol. The zero-order valence-corrected chi connectivity index (χ0v) is 12.2. The molecule has 2 rings (SSSR count). The highest BCUT2D eigenvalue weighted by molar-refractivity contribution is 5.14.